The Hall–Kier alpha value is -1.21. The van der Waals surface area contributed by atoms with E-state index >= 15 is 0 Å². The maximum atomic E-state index is 12.3. The molecule has 1 aliphatic carbocycles. The van der Waals surface area contributed by atoms with Crippen LogP contribution in [0, 0.1) is 0 Å². The van der Waals surface area contributed by atoms with E-state index < -0.39 is 17.9 Å². The van der Waals surface area contributed by atoms with Gasteiger partial charge in [0.2, 0.25) is 0 Å². The first-order valence-electron chi connectivity index (χ1n) is 3.60. The van der Waals surface area contributed by atoms with Gasteiger partial charge in [-0.1, -0.05) is 11.5 Å². The van der Waals surface area contributed by atoms with Crippen LogP contribution < -0.4 is 0 Å². The van der Waals surface area contributed by atoms with Gasteiger partial charge in [0.05, 0.1) is 11.7 Å². The zero-order valence-electron chi connectivity index (χ0n) is 6.81. The van der Waals surface area contributed by atoms with Crippen molar-refractivity contribution in [1.82, 2.24) is 0 Å². The lowest BCUT2D eigenvalue weighted by Crippen LogP contribution is -2.19. The van der Waals surface area contributed by atoms with Crippen molar-refractivity contribution in [3.63, 3.8) is 0 Å². The predicted octanol–water partition coefficient (Wildman–Crippen LogP) is 2.11. The second-order valence-electron chi connectivity index (χ2n) is 2.60. The van der Waals surface area contributed by atoms with Crippen LogP contribution in [0.1, 0.15) is 6.92 Å². The van der Waals surface area contributed by atoms with Gasteiger partial charge in [0.1, 0.15) is 0 Å². The summed E-state index contributed by atoms with van der Waals surface area (Å²) < 4.78 is 36.8. The summed E-state index contributed by atoms with van der Waals surface area (Å²) in [6.45, 7) is 1.26. The number of alkyl halides is 3. The number of hydrogen-bond donors (Lipinski definition) is 1. The molecule has 0 radical (unpaired) electrons. The summed E-state index contributed by atoms with van der Waals surface area (Å²) in [6.07, 6.45) is -3.64. The van der Waals surface area contributed by atoms with Crippen LogP contribution in [-0.4, -0.2) is 17.4 Å². The van der Waals surface area contributed by atoms with Gasteiger partial charge >= 0.3 is 6.18 Å². The molecule has 0 aromatic rings. The minimum absolute atomic E-state index is 0.269. The van der Waals surface area contributed by atoms with Crippen molar-refractivity contribution in [3.05, 3.63) is 34.8 Å². The van der Waals surface area contributed by atoms with Gasteiger partial charge in [0.15, 0.2) is 0 Å². The molecule has 70 valence electrons. The first-order valence-corrected chi connectivity index (χ1v) is 3.60. The number of aliphatic hydroxyl groups excluding tert-OH is 1. The van der Waals surface area contributed by atoms with Crippen molar-refractivity contribution in [3.8, 4) is 0 Å². The summed E-state index contributed by atoms with van der Waals surface area (Å²) in [7, 11) is 0. The molecule has 0 fully saturated rings. The van der Waals surface area contributed by atoms with Gasteiger partial charge in [0.25, 0.3) is 0 Å². The molecule has 0 aromatic heterocycles. The molecule has 0 saturated carbocycles. The van der Waals surface area contributed by atoms with Crippen LogP contribution in [0.3, 0.4) is 0 Å². The van der Waals surface area contributed by atoms with E-state index in [2.05, 4.69) is 11.5 Å². The fourth-order valence-corrected chi connectivity index (χ4v) is 0.978. The van der Waals surface area contributed by atoms with Crippen molar-refractivity contribution in [2.24, 2.45) is 0 Å². The third-order valence-corrected chi connectivity index (χ3v) is 1.55. The van der Waals surface area contributed by atoms with E-state index in [1.807, 2.05) is 0 Å². The highest BCUT2D eigenvalue weighted by Crippen LogP contribution is 2.32. The highest BCUT2D eigenvalue weighted by Gasteiger charge is 2.37. The number of allylic oxidation sites excluding steroid dienone is 2. The van der Waals surface area contributed by atoms with Gasteiger partial charge in [0, 0.05) is 5.57 Å². The topological polar surface area (TPSA) is 20.2 Å². The highest BCUT2D eigenvalue weighted by molar-refractivity contribution is 5.41. The molecule has 0 heterocycles. The summed E-state index contributed by atoms with van der Waals surface area (Å²) in [6, 6.07) is 0. The number of hydrogen-bond acceptors (Lipinski definition) is 1. The van der Waals surface area contributed by atoms with Gasteiger partial charge in [-0.25, -0.2) is 0 Å². The van der Waals surface area contributed by atoms with Gasteiger partial charge in [-0.2, -0.15) is 13.2 Å². The van der Waals surface area contributed by atoms with Crippen LogP contribution in [0.2, 0.25) is 0 Å². The molecule has 0 amide bonds. The Balaban J connectivity index is 3.12. The van der Waals surface area contributed by atoms with Crippen molar-refractivity contribution >= 4 is 0 Å². The zero-order chi connectivity index (χ0) is 10.1. The SMILES string of the molecule is CC(O)C1=C=C=CC=C1C(F)(F)F. The van der Waals surface area contributed by atoms with Crippen LogP contribution >= 0.6 is 0 Å². The minimum Gasteiger partial charge on any atom is -0.388 e. The highest BCUT2D eigenvalue weighted by atomic mass is 19.4. The normalized spacial score (nSPS) is 18.2. The Morgan fingerprint density at radius 1 is 1.46 bits per heavy atom. The molecular weight excluding hydrogens is 181 g/mol. The van der Waals surface area contributed by atoms with E-state index in [1.165, 1.54) is 6.92 Å². The number of aliphatic hydroxyl groups is 1. The summed E-state index contributed by atoms with van der Waals surface area (Å²) >= 11 is 0. The molecule has 0 bridgehead atoms. The molecule has 13 heavy (non-hydrogen) atoms. The molecule has 0 spiro atoms. The summed E-state index contributed by atoms with van der Waals surface area (Å²) in [5.74, 6) is 0. The summed E-state index contributed by atoms with van der Waals surface area (Å²) in [5.41, 5.74) is 3.49. The zero-order valence-corrected chi connectivity index (χ0v) is 6.81. The third-order valence-electron chi connectivity index (χ3n) is 1.55. The van der Waals surface area contributed by atoms with E-state index in [9.17, 15) is 13.2 Å². The van der Waals surface area contributed by atoms with E-state index in [0.29, 0.717) is 0 Å². The van der Waals surface area contributed by atoms with Gasteiger partial charge in [-0.15, -0.1) is 0 Å². The lowest BCUT2D eigenvalue weighted by atomic mass is 10.00. The summed E-state index contributed by atoms with van der Waals surface area (Å²) in [5, 5.41) is 9.02. The Morgan fingerprint density at radius 3 is 2.46 bits per heavy atom. The molecule has 0 saturated heterocycles. The summed E-state index contributed by atoms with van der Waals surface area (Å²) in [4.78, 5) is 0. The molecule has 1 rings (SSSR count). The first-order chi connectivity index (χ1) is 5.93. The monoisotopic (exact) mass is 188 g/mol. The number of halogens is 3. The smallest absolute Gasteiger partial charge is 0.388 e. The minimum atomic E-state index is -4.45. The molecule has 4 heteroatoms. The lowest BCUT2D eigenvalue weighted by molar-refractivity contribution is -0.0907. The Labute approximate surface area is 73.2 Å². The van der Waals surface area contributed by atoms with E-state index in [1.54, 1.807) is 0 Å². The van der Waals surface area contributed by atoms with E-state index in [4.69, 9.17) is 5.11 Å². The van der Waals surface area contributed by atoms with Crippen LogP contribution in [-0.2, 0) is 0 Å². The van der Waals surface area contributed by atoms with Gasteiger partial charge < -0.3 is 5.11 Å². The maximum Gasteiger partial charge on any atom is 0.417 e. The largest absolute Gasteiger partial charge is 0.417 e. The molecule has 0 aromatic carbocycles. The molecule has 1 aliphatic rings. The van der Waals surface area contributed by atoms with Gasteiger partial charge in [-0.3, -0.25) is 0 Å². The Morgan fingerprint density at radius 2 is 2.08 bits per heavy atom. The predicted molar refractivity (Wildman–Crippen MR) is 40.9 cm³/mol. The Kier molecular flexibility index (Phi) is 2.48. The van der Waals surface area contributed by atoms with Crippen molar-refractivity contribution < 1.29 is 18.3 Å². The third kappa shape index (κ3) is 2.13. The molecular formula is C9H7F3O. The fraction of sp³-hybridized carbons (Fsp3) is 0.333. The average molecular weight is 188 g/mol. The quantitative estimate of drug-likeness (QED) is 0.625. The second kappa shape index (κ2) is 3.27. The Bertz CT molecular complexity index is 334. The van der Waals surface area contributed by atoms with Crippen LogP contribution in [0.25, 0.3) is 0 Å². The molecule has 1 atom stereocenters. The van der Waals surface area contributed by atoms with Crippen molar-refractivity contribution in [2.45, 2.75) is 19.2 Å². The fourth-order valence-electron chi connectivity index (χ4n) is 0.978. The van der Waals surface area contributed by atoms with E-state index in [0.717, 1.165) is 12.2 Å². The average Bonchev–Trinajstić information content (AvgIpc) is 2.03. The van der Waals surface area contributed by atoms with Crippen LogP contribution in [0.5, 0.6) is 0 Å². The molecule has 1 nitrogen and oxygen atoms in total. The van der Waals surface area contributed by atoms with Crippen molar-refractivity contribution in [1.29, 1.82) is 0 Å². The van der Waals surface area contributed by atoms with Crippen LogP contribution in [0.4, 0.5) is 13.2 Å². The standard InChI is InChI=1S/C9H7F3O/c1-6(13)7-4-2-3-5-8(7)9(10,11)12/h3,5-6,13H,1H3. The van der Waals surface area contributed by atoms with Crippen molar-refractivity contribution in [2.75, 3.05) is 0 Å². The number of rotatable bonds is 1. The van der Waals surface area contributed by atoms with Gasteiger partial charge in [-0.05, 0) is 19.1 Å². The van der Waals surface area contributed by atoms with E-state index in [-0.39, 0.29) is 5.57 Å². The lowest BCUT2D eigenvalue weighted by Gasteiger charge is -2.15. The molecule has 1 N–H and O–H groups in total. The molecule has 1 unspecified atom stereocenters. The second-order valence-corrected chi connectivity index (χ2v) is 2.60. The molecule has 0 aliphatic heterocycles. The first kappa shape index (κ1) is 9.87. The maximum absolute atomic E-state index is 12.3. The van der Waals surface area contributed by atoms with Crippen LogP contribution in [0.15, 0.2) is 34.8 Å².